The lowest BCUT2D eigenvalue weighted by Gasteiger charge is -2.34. The summed E-state index contributed by atoms with van der Waals surface area (Å²) in [5, 5.41) is 0. The van der Waals surface area contributed by atoms with Crippen LogP contribution < -0.4 is 4.90 Å². The van der Waals surface area contributed by atoms with E-state index in [1.54, 1.807) is 12.4 Å². The summed E-state index contributed by atoms with van der Waals surface area (Å²) in [6.45, 7) is 3.37. The molecule has 1 aliphatic rings. The van der Waals surface area contributed by atoms with E-state index in [9.17, 15) is 4.79 Å². The first-order valence-electron chi connectivity index (χ1n) is 5.44. The van der Waals surface area contributed by atoms with Gasteiger partial charge < -0.3 is 14.4 Å². The zero-order chi connectivity index (χ0) is 12.3. The van der Waals surface area contributed by atoms with E-state index in [0.29, 0.717) is 25.6 Å². The molecule has 0 aliphatic carbocycles. The molecule has 0 bridgehead atoms. The van der Waals surface area contributed by atoms with E-state index in [1.165, 1.54) is 7.11 Å². The highest BCUT2D eigenvalue weighted by molar-refractivity contribution is 5.80. The molecule has 0 N–H and O–H groups in total. The van der Waals surface area contributed by atoms with Crippen molar-refractivity contribution in [2.45, 2.75) is 13.0 Å². The molecule has 2 heterocycles. The summed E-state index contributed by atoms with van der Waals surface area (Å²) in [6, 6.07) is -0.441. The number of anilines is 1. The molecule has 1 aromatic rings. The number of rotatable bonds is 2. The normalized spacial score (nSPS) is 20.1. The average molecular weight is 237 g/mol. The van der Waals surface area contributed by atoms with Crippen molar-refractivity contribution >= 4 is 11.8 Å². The first-order chi connectivity index (χ1) is 8.24. The molecular formula is C11H15N3O3. The Balaban J connectivity index is 2.28. The van der Waals surface area contributed by atoms with Crippen LogP contribution in [0.25, 0.3) is 0 Å². The Labute approximate surface area is 99.6 Å². The lowest BCUT2D eigenvalue weighted by Crippen LogP contribution is -2.51. The second-order valence-corrected chi connectivity index (χ2v) is 3.77. The molecule has 0 radical (unpaired) electrons. The van der Waals surface area contributed by atoms with Crippen molar-refractivity contribution in [3.63, 3.8) is 0 Å². The third kappa shape index (κ3) is 2.36. The Morgan fingerprint density at radius 2 is 2.29 bits per heavy atom. The molecule has 92 valence electrons. The van der Waals surface area contributed by atoms with Gasteiger partial charge in [-0.2, -0.15) is 0 Å². The highest BCUT2D eigenvalue weighted by Crippen LogP contribution is 2.20. The van der Waals surface area contributed by atoms with Gasteiger partial charge in [-0.05, 0) is 6.92 Å². The number of carbonyl (C=O) groups is 1. The lowest BCUT2D eigenvalue weighted by atomic mass is 10.2. The van der Waals surface area contributed by atoms with Crippen LogP contribution in [0.15, 0.2) is 12.4 Å². The average Bonchev–Trinajstić information content (AvgIpc) is 2.38. The first kappa shape index (κ1) is 11.8. The van der Waals surface area contributed by atoms with Crippen molar-refractivity contribution in [3.05, 3.63) is 18.1 Å². The smallest absolute Gasteiger partial charge is 0.330 e. The number of esters is 1. The number of morpholine rings is 1. The van der Waals surface area contributed by atoms with Crippen LogP contribution in [0.5, 0.6) is 0 Å². The monoisotopic (exact) mass is 237 g/mol. The molecule has 17 heavy (non-hydrogen) atoms. The molecule has 6 nitrogen and oxygen atoms in total. The van der Waals surface area contributed by atoms with Gasteiger partial charge in [0.05, 0.1) is 26.0 Å². The van der Waals surface area contributed by atoms with Crippen molar-refractivity contribution < 1.29 is 14.3 Å². The Kier molecular flexibility index (Phi) is 3.53. The summed E-state index contributed by atoms with van der Waals surface area (Å²) in [5.41, 5.74) is 0.795. The van der Waals surface area contributed by atoms with E-state index < -0.39 is 6.04 Å². The van der Waals surface area contributed by atoms with Crippen LogP contribution in [-0.4, -0.2) is 48.8 Å². The van der Waals surface area contributed by atoms with Crippen molar-refractivity contribution in [1.82, 2.24) is 9.97 Å². The Bertz CT molecular complexity index is 411. The van der Waals surface area contributed by atoms with Crippen LogP contribution in [0.2, 0.25) is 0 Å². The maximum Gasteiger partial charge on any atom is 0.330 e. The van der Waals surface area contributed by atoms with Crippen molar-refractivity contribution in [3.8, 4) is 0 Å². The molecule has 0 amide bonds. The number of hydrogen-bond donors (Lipinski definition) is 0. The first-order valence-corrected chi connectivity index (χ1v) is 5.44. The number of ether oxygens (including phenoxy) is 2. The number of aryl methyl sites for hydroxylation is 1. The molecule has 0 spiro atoms. The van der Waals surface area contributed by atoms with E-state index >= 15 is 0 Å². The van der Waals surface area contributed by atoms with Gasteiger partial charge in [0.15, 0.2) is 11.9 Å². The number of carbonyl (C=O) groups excluding carboxylic acids is 1. The zero-order valence-corrected chi connectivity index (χ0v) is 9.92. The quantitative estimate of drug-likeness (QED) is 0.683. The second kappa shape index (κ2) is 5.09. The van der Waals surface area contributed by atoms with Gasteiger partial charge in [0.1, 0.15) is 0 Å². The van der Waals surface area contributed by atoms with Crippen molar-refractivity contribution in [1.29, 1.82) is 0 Å². The van der Waals surface area contributed by atoms with Gasteiger partial charge in [0.2, 0.25) is 0 Å². The molecule has 1 unspecified atom stereocenters. The van der Waals surface area contributed by atoms with Crippen LogP contribution >= 0.6 is 0 Å². The number of methoxy groups -OCH3 is 1. The predicted octanol–water partition coefficient (Wildman–Crippen LogP) is 0.163. The lowest BCUT2D eigenvalue weighted by molar-refractivity contribution is -0.144. The Morgan fingerprint density at radius 3 is 3.00 bits per heavy atom. The molecule has 1 saturated heterocycles. The van der Waals surface area contributed by atoms with Crippen LogP contribution in [0, 0.1) is 6.92 Å². The zero-order valence-electron chi connectivity index (χ0n) is 9.92. The topological polar surface area (TPSA) is 64.6 Å². The fraction of sp³-hybridized carbons (Fsp3) is 0.545. The van der Waals surface area contributed by atoms with E-state index in [0.717, 1.165) is 5.69 Å². The molecule has 0 saturated carbocycles. The van der Waals surface area contributed by atoms with Crippen LogP contribution in [0.4, 0.5) is 5.82 Å². The van der Waals surface area contributed by atoms with Crippen LogP contribution in [-0.2, 0) is 14.3 Å². The van der Waals surface area contributed by atoms with E-state index in [4.69, 9.17) is 9.47 Å². The van der Waals surface area contributed by atoms with Crippen LogP contribution in [0.1, 0.15) is 5.69 Å². The standard InChI is InChI=1S/C11H15N3O3/c1-8-10(13-4-3-12-8)14-5-6-17-7-9(14)11(15)16-2/h3-4,9H,5-7H2,1-2H3. The van der Waals surface area contributed by atoms with E-state index in [2.05, 4.69) is 9.97 Å². The highest BCUT2D eigenvalue weighted by atomic mass is 16.5. The van der Waals surface area contributed by atoms with Gasteiger partial charge in [-0.1, -0.05) is 0 Å². The molecule has 2 rings (SSSR count). The van der Waals surface area contributed by atoms with Crippen molar-refractivity contribution in [2.75, 3.05) is 31.8 Å². The summed E-state index contributed by atoms with van der Waals surface area (Å²) in [6.07, 6.45) is 3.25. The fourth-order valence-corrected chi connectivity index (χ4v) is 1.87. The summed E-state index contributed by atoms with van der Waals surface area (Å²) < 4.78 is 10.1. The fourth-order valence-electron chi connectivity index (χ4n) is 1.87. The summed E-state index contributed by atoms with van der Waals surface area (Å²) in [5.74, 6) is 0.404. The van der Waals surface area contributed by atoms with Gasteiger partial charge in [0, 0.05) is 18.9 Å². The molecular weight excluding hydrogens is 222 g/mol. The molecule has 1 aromatic heterocycles. The minimum Gasteiger partial charge on any atom is -0.467 e. The second-order valence-electron chi connectivity index (χ2n) is 3.77. The predicted molar refractivity (Wildman–Crippen MR) is 60.7 cm³/mol. The third-order valence-corrected chi connectivity index (χ3v) is 2.73. The third-order valence-electron chi connectivity index (χ3n) is 2.73. The van der Waals surface area contributed by atoms with Gasteiger partial charge in [-0.25, -0.2) is 9.78 Å². The van der Waals surface area contributed by atoms with E-state index in [1.807, 2.05) is 11.8 Å². The Morgan fingerprint density at radius 1 is 1.53 bits per heavy atom. The number of hydrogen-bond acceptors (Lipinski definition) is 6. The maximum absolute atomic E-state index is 11.7. The van der Waals surface area contributed by atoms with E-state index in [-0.39, 0.29) is 5.97 Å². The minimum absolute atomic E-state index is 0.310. The van der Waals surface area contributed by atoms with Gasteiger partial charge in [-0.3, -0.25) is 4.98 Å². The number of aromatic nitrogens is 2. The van der Waals surface area contributed by atoms with Crippen LogP contribution in [0.3, 0.4) is 0 Å². The largest absolute Gasteiger partial charge is 0.467 e. The SMILES string of the molecule is COC(=O)C1COCCN1c1nccnc1C. The van der Waals surface area contributed by atoms with Gasteiger partial charge in [-0.15, -0.1) is 0 Å². The minimum atomic E-state index is -0.441. The highest BCUT2D eigenvalue weighted by Gasteiger charge is 2.32. The number of nitrogens with zero attached hydrogens (tertiary/aromatic N) is 3. The van der Waals surface area contributed by atoms with Gasteiger partial charge in [0.25, 0.3) is 0 Å². The molecule has 1 aliphatic heterocycles. The molecule has 1 atom stereocenters. The summed E-state index contributed by atoms with van der Waals surface area (Å²) in [7, 11) is 1.37. The maximum atomic E-state index is 11.7. The van der Waals surface area contributed by atoms with Crippen molar-refractivity contribution in [2.24, 2.45) is 0 Å². The summed E-state index contributed by atoms with van der Waals surface area (Å²) >= 11 is 0. The molecule has 6 heteroatoms. The Hall–Kier alpha value is -1.69. The summed E-state index contributed by atoms with van der Waals surface area (Å²) in [4.78, 5) is 22.0. The molecule has 0 aromatic carbocycles. The van der Waals surface area contributed by atoms with Gasteiger partial charge >= 0.3 is 5.97 Å². The molecule has 1 fully saturated rings.